The third kappa shape index (κ3) is 5.24. The Kier molecular flexibility index (Phi) is 7.19. The molecular formula is C24H20N4O5S. The monoisotopic (exact) mass is 476 g/mol. The molecule has 0 aliphatic carbocycles. The van der Waals surface area contributed by atoms with Gasteiger partial charge in [0, 0.05) is 23.4 Å². The van der Waals surface area contributed by atoms with Gasteiger partial charge in [0.05, 0.1) is 17.8 Å². The van der Waals surface area contributed by atoms with Crippen LogP contribution in [-0.2, 0) is 6.61 Å². The molecule has 0 atom stereocenters. The number of methoxy groups -OCH3 is 1. The highest BCUT2D eigenvalue weighted by atomic mass is 32.2. The summed E-state index contributed by atoms with van der Waals surface area (Å²) in [5.41, 5.74) is 0.961. The summed E-state index contributed by atoms with van der Waals surface area (Å²) in [6, 6.07) is 22.5. The second-order valence-electron chi connectivity index (χ2n) is 7.03. The first-order chi connectivity index (χ1) is 16.6. The van der Waals surface area contributed by atoms with Crippen LogP contribution < -0.4 is 9.47 Å². The molecule has 0 saturated carbocycles. The maximum absolute atomic E-state index is 12.7. The Labute approximate surface area is 199 Å². The first-order valence-corrected chi connectivity index (χ1v) is 11.2. The van der Waals surface area contributed by atoms with Crippen LogP contribution in [0.2, 0.25) is 0 Å². The minimum atomic E-state index is -0.524. The van der Waals surface area contributed by atoms with Crippen LogP contribution >= 0.6 is 11.8 Å². The molecule has 0 fully saturated rings. The lowest BCUT2D eigenvalue weighted by atomic mass is 10.1. The van der Waals surface area contributed by atoms with Crippen LogP contribution in [-0.4, -0.2) is 38.3 Å². The summed E-state index contributed by atoms with van der Waals surface area (Å²) in [4.78, 5) is 23.2. The quantitative estimate of drug-likeness (QED) is 0.140. The van der Waals surface area contributed by atoms with Crippen molar-refractivity contribution in [2.75, 3.05) is 12.9 Å². The summed E-state index contributed by atoms with van der Waals surface area (Å²) in [7, 11) is 1.57. The lowest BCUT2D eigenvalue weighted by molar-refractivity contribution is -0.384. The lowest BCUT2D eigenvalue weighted by Gasteiger charge is -2.12. The minimum absolute atomic E-state index is 0.0412. The minimum Gasteiger partial charge on any atom is -0.493 e. The zero-order valence-corrected chi connectivity index (χ0v) is 19.0. The van der Waals surface area contributed by atoms with E-state index >= 15 is 0 Å². The van der Waals surface area contributed by atoms with Crippen LogP contribution in [0.1, 0.15) is 16.2 Å². The predicted molar refractivity (Wildman–Crippen MR) is 127 cm³/mol. The Morgan fingerprint density at radius 2 is 1.74 bits per heavy atom. The maximum atomic E-state index is 12.7. The first kappa shape index (κ1) is 23.0. The van der Waals surface area contributed by atoms with Gasteiger partial charge in [0.25, 0.3) is 5.69 Å². The van der Waals surface area contributed by atoms with Gasteiger partial charge in [0.2, 0.25) is 0 Å². The average Bonchev–Trinajstić information content (AvgIpc) is 3.29. The van der Waals surface area contributed by atoms with Crippen molar-refractivity contribution in [2.24, 2.45) is 0 Å². The Hall–Kier alpha value is -4.18. The van der Waals surface area contributed by atoms with Crippen molar-refractivity contribution in [3.05, 3.63) is 100 Å². The normalized spacial score (nSPS) is 10.6. The Morgan fingerprint density at radius 3 is 2.47 bits per heavy atom. The van der Waals surface area contributed by atoms with Gasteiger partial charge < -0.3 is 9.47 Å². The number of rotatable bonds is 10. The van der Waals surface area contributed by atoms with Crippen molar-refractivity contribution in [3.8, 4) is 17.2 Å². The molecule has 0 aliphatic rings. The molecule has 3 aromatic carbocycles. The third-order valence-corrected chi connectivity index (χ3v) is 5.78. The number of ether oxygens (including phenoxy) is 2. The van der Waals surface area contributed by atoms with Gasteiger partial charge in [0.1, 0.15) is 6.61 Å². The number of non-ortho nitro benzene ring substituents is 1. The van der Waals surface area contributed by atoms with Crippen LogP contribution in [0.4, 0.5) is 5.69 Å². The van der Waals surface area contributed by atoms with E-state index in [2.05, 4.69) is 10.2 Å². The SMILES string of the molecule is COc1ccccc1OCc1nnc(SCC(=O)c2cccc([N+](=O)[O-])c2)n1-c1ccccc1. The summed E-state index contributed by atoms with van der Waals surface area (Å²) < 4.78 is 13.1. The number of para-hydroxylation sites is 3. The molecule has 4 aromatic rings. The van der Waals surface area contributed by atoms with E-state index in [9.17, 15) is 14.9 Å². The maximum Gasteiger partial charge on any atom is 0.270 e. The van der Waals surface area contributed by atoms with Gasteiger partial charge >= 0.3 is 0 Å². The average molecular weight is 477 g/mol. The van der Waals surface area contributed by atoms with Crippen molar-refractivity contribution in [2.45, 2.75) is 11.8 Å². The summed E-state index contributed by atoms with van der Waals surface area (Å²) in [6.45, 7) is 0.127. The molecule has 1 aromatic heterocycles. The molecule has 10 heteroatoms. The summed E-state index contributed by atoms with van der Waals surface area (Å²) >= 11 is 1.20. The number of Topliss-reactive ketones (excluding diaryl/α,β-unsaturated/α-hetero) is 1. The molecule has 1 heterocycles. The zero-order chi connectivity index (χ0) is 23.9. The van der Waals surface area contributed by atoms with E-state index in [0.29, 0.717) is 22.5 Å². The van der Waals surface area contributed by atoms with Crippen LogP contribution in [0.25, 0.3) is 5.69 Å². The number of aromatic nitrogens is 3. The number of nitro benzene ring substituents is 1. The molecule has 9 nitrogen and oxygen atoms in total. The number of hydrogen-bond acceptors (Lipinski definition) is 8. The number of thioether (sulfide) groups is 1. The van der Waals surface area contributed by atoms with E-state index in [0.717, 1.165) is 5.69 Å². The van der Waals surface area contributed by atoms with Crippen LogP contribution in [0.15, 0.2) is 84.0 Å². The van der Waals surface area contributed by atoms with E-state index in [1.54, 1.807) is 25.3 Å². The van der Waals surface area contributed by atoms with Crippen molar-refractivity contribution < 1.29 is 19.2 Å². The number of benzene rings is 3. The summed E-state index contributed by atoms with van der Waals surface area (Å²) in [6.07, 6.45) is 0. The van der Waals surface area contributed by atoms with Gasteiger partial charge in [0.15, 0.2) is 28.3 Å². The fourth-order valence-corrected chi connectivity index (χ4v) is 4.08. The summed E-state index contributed by atoms with van der Waals surface area (Å²) in [5.74, 6) is 1.51. The van der Waals surface area contributed by atoms with Gasteiger partial charge in [-0.25, -0.2) is 0 Å². The Balaban J connectivity index is 1.55. The number of hydrogen-bond donors (Lipinski definition) is 0. The highest BCUT2D eigenvalue weighted by Gasteiger charge is 2.18. The van der Waals surface area contributed by atoms with Gasteiger partial charge in [-0.15, -0.1) is 10.2 Å². The third-order valence-electron chi connectivity index (χ3n) is 4.85. The molecule has 0 bridgehead atoms. The van der Waals surface area contributed by atoms with E-state index in [-0.39, 0.29) is 29.4 Å². The standard InChI is InChI=1S/C24H20N4O5S/c1-32-21-12-5-6-13-22(21)33-15-23-25-26-24(27(23)18-9-3-2-4-10-18)34-16-20(29)17-8-7-11-19(14-17)28(30)31/h2-14H,15-16H2,1H3. The van der Waals surface area contributed by atoms with Gasteiger partial charge in [-0.1, -0.05) is 54.2 Å². The van der Waals surface area contributed by atoms with Crippen molar-refractivity contribution in [1.82, 2.24) is 14.8 Å². The molecule has 0 saturated heterocycles. The van der Waals surface area contributed by atoms with Crippen LogP contribution in [0.3, 0.4) is 0 Å². The fourth-order valence-electron chi connectivity index (χ4n) is 3.21. The zero-order valence-electron chi connectivity index (χ0n) is 18.2. The topological polar surface area (TPSA) is 109 Å². The molecule has 172 valence electrons. The number of ketones is 1. The van der Waals surface area contributed by atoms with Gasteiger partial charge in [-0.2, -0.15) is 0 Å². The molecule has 0 spiro atoms. The second kappa shape index (κ2) is 10.6. The highest BCUT2D eigenvalue weighted by molar-refractivity contribution is 7.99. The van der Waals surface area contributed by atoms with E-state index < -0.39 is 4.92 Å². The molecule has 0 amide bonds. The molecule has 34 heavy (non-hydrogen) atoms. The number of nitrogens with zero attached hydrogens (tertiary/aromatic N) is 4. The Morgan fingerprint density at radius 1 is 1.00 bits per heavy atom. The predicted octanol–water partition coefficient (Wildman–Crippen LogP) is 4.74. The van der Waals surface area contributed by atoms with Crippen molar-refractivity contribution in [1.29, 1.82) is 0 Å². The van der Waals surface area contributed by atoms with Gasteiger partial charge in [-0.05, 0) is 24.3 Å². The van der Waals surface area contributed by atoms with Crippen molar-refractivity contribution >= 4 is 23.2 Å². The van der Waals surface area contributed by atoms with E-state index in [1.807, 2.05) is 47.0 Å². The number of nitro groups is 1. The molecular weight excluding hydrogens is 456 g/mol. The smallest absolute Gasteiger partial charge is 0.270 e. The molecule has 0 radical (unpaired) electrons. The highest BCUT2D eigenvalue weighted by Crippen LogP contribution is 2.28. The number of carbonyl (C=O) groups is 1. The van der Waals surface area contributed by atoms with Crippen molar-refractivity contribution in [3.63, 3.8) is 0 Å². The van der Waals surface area contributed by atoms with Crippen LogP contribution in [0.5, 0.6) is 11.5 Å². The molecule has 0 unspecified atom stereocenters. The molecule has 0 aliphatic heterocycles. The van der Waals surface area contributed by atoms with E-state index in [1.165, 1.54) is 30.0 Å². The number of carbonyl (C=O) groups excluding carboxylic acids is 1. The lowest BCUT2D eigenvalue weighted by Crippen LogP contribution is -2.08. The Bertz CT molecular complexity index is 1310. The van der Waals surface area contributed by atoms with E-state index in [4.69, 9.17) is 9.47 Å². The largest absolute Gasteiger partial charge is 0.493 e. The second-order valence-corrected chi connectivity index (χ2v) is 7.97. The molecule has 0 N–H and O–H groups in total. The first-order valence-electron chi connectivity index (χ1n) is 10.2. The molecule has 4 rings (SSSR count). The van der Waals surface area contributed by atoms with Crippen LogP contribution in [0, 0.1) is 10.1 Å². The summed E-state index contributed by atoms with van der Waals surface area (Å²) in [5, 5.41) is 20.1. The fraction of sp³-hybridized carbons (Fsp3) is 0.125. The van der Waals surface area contributed by atoms with Gasteiger partial charge in [-0.3, -0.25) is 19.5 Å².